The summed E-state index contributed by atoms with van der Waals surface area (Å²) in [5.41, 5.74) is 5.22. The number of rotatable bonds is 9. The predicted molar refractivity (Wildman–Crippen MR) is 127 cm³/mol. The van der Waals surface area contributed by atoms with Crippen molar-refractivity contribution in [1.82, 2.24) is 25.5 Å². The fourth-order valence-electron chi connectivity index (χ4n) is 3.52. The summed E-state index contributed by atoms with van der Waals surface area (Å²) in [6.07, 6.45) is 3.46. The molecule has 0 radical (unpaired) electrons. The van der Waals surface area contributed by atoms with Crippen LogP contribution in [-0.2, 0) is 0 Å². The summed E-state index contributed by atoms with van der Waals surface area (Å²) in [6, 6.07) is 14.3. The number of nitrogens with one attached hydrogen (secondary N) is 2. The minimum absolute atomic E-state index is 0.399. The second-order valence-corrected chi connectivity index (χ2v) is 7.73. The highest BCUT2D eigenvalue weighted by Gasteiger charge is 2.14. The molecule has 2 N–H and O–H groups in total. The zero-order valence-corrected chi connectivity index (χ0v) is 18.8. The van der Waals surface area contributed by atoms with Crippen LogP contribution in [0.5, 0.6) is 11.5 Å². The molecule has 8 heteroatoms. The van der Waals surface area contributed by atoms with Gasteiger partial charge < -0.3 is 19.7 Å². The van der Waals surface area contributed by atoms with Crippen LogP contribution in [0.3, 0.4) is 0 Å². The van der Waals surface area contributed by atoms with Gasteiger partial charge in [-0.25, -0.2) is 4.98 Å². The number of aromatic amines is 1. The van der Waals surface area contributed by atoms with Crippen molar-refractivity contribution >= 4 is 22.4 Å². The Morgan fingerprint density at radius 2 is 1.75 bits per heavy atom. The molecular weight excluding hydrogens is 404 g/mol. The first-order chi connectivity index (χ1) is 15.6. The molecule has 0 atom stereocenters. The molecule has 4 rings (SSSR count). The van der Waals surface area contributed by atoms with E-state index in [1.165, 1.54) is 0 Å². The second-order valence-electron chi connectivity index (χ2n) is 7.73. The van der Waals surface area contributed by atoms with Crippen molar-refractivity contribution in [2.24, 2.45) is 0 Å². The normalized spacial score (nSPS) is 11.2. The summed E-state index contributed by atoms with van der Waals surface area (Å²) >= 11 is 0. The number of fused-ring (bicyclic) bond motifs is 1. The van der Waals surface area contributed by atoms with Crippen molar-refractivity contribution in [1.29, 1.82) is 0 Å². The fraction of sp³-hybridized carbons (Fsp3) is 0.292. The molecule has 0 unspecified atom stereocenters. The molecule has 0 fully saturated rings. The van der Waals surface area contributed by atoms with Crippen LogP contribution < -0.4 is 19.7 Å². The molecule has 0 amide bonds. The van der Waals surface area contributed by atoms with Gasteiger partial charge in [-0.2, -0.15) is 5.10 Å². The van der Waals surface area contributed by atoms with Crippen LogP contribution >= 0.6 is 0 Å². The molecule has 4 aromatic rings. The lowest BCUT2D eigenvalue weighted by Gasteiger charge is -2.27. The number of methoxy groups -OCH3 is 2. The highest BCUT2D eigenvalue weighted by molar-refractivity contribution is 5.82. The molecule has 0 aliphatic heterocycles. The summed E-state index contributed by atoms with van der Waals surface area (Å²) in [4.78, 5) is 11.6. The van der Waals surface area contributed by atoms with Gasteiger partial charge in [-0.1, -0.05) is 13.8 Å². The third-order valence-corrected chi connectivity index (χ3v) is 5.15. The molecule has 32 heavy (non-hydrogen) atoms. The lowest BCUT2D eigenvalue weighted by Crippen LogP contribution is -2.32. The van der Waals surface area contributed by atoms with E-state index >= 15 is 0 Å². The average Bonchev–Trinajstić information content (AvgIpc) is 3.35. The monoisotopic (exact) mass is 432 g/mol. The number of hydrogen-bond acceptors (Lipinski definition) is 7. The van der Waals surface area contributed by atoms with Crippen LogP contribution in [0.4, 0.5) is 11.4 Å². The minimum atomic E-state index is 0.399. The fourth-order valence-corrected chi connectivity index (χ4v) is 3.52. The topological polar surface area (TPSA) is 88.2 Å². The minimum Gasteiger partial charge on any atom is -0.497 e. The van der Waals surface area contributed by atoms with Gasteiger partial charge in [0.25, 0.3) is 0 Å². The Balaban J connectivity index is 1.76. The van der Waals surface area contributed by atoms with Gasteiger partial charge >= 0.3 is 0 Å². The van der Waals surface area contributed by atoms with E-state index in [-0.39, 0.29) is 0 Å². The van der Waals surface area contributed by atoms with Crippen LogP contribution in [0.2, 0.25) is 0 Å². The van der Waals surface area contributed by atoms with Crippen molar-refractivity contribution in [3.05, 3.63) is 54.9 Å². The van der Waals surface area contributed by atoms with Crippen LogP contribution in [-0.4, -0.2) is 53.5 Å². The number of hydrogen-bond donors (Lipinski definition) is 2. The van der Waals surface area contributed by atoms with E-state index in [9.17, 15) is 0 Å². The van der Waals surface area contributed by atoms with Crippen LogP contribution in [0.25, 0.3) is 22.4 Å². The van der Waals surface area contributed by atoms with E-state index in [1.54, 1.807) is 26.6 Å². The Bertz CT molecular complexity index is 1150. The van der Waals surface area contributed by atoms with Crippen LogP contribution in [0, 0.1) is 0 Å². The molecule has 8 nitrogen and oxygen atoms in total. The Morgan fingerprint density at radius 1 is 0.969 bits per heavy atom. The Hall–Kier alpha value is -3.65. The molecule has 2 heterocycles. The smallest absolute Gasteiger partial charge is 0.124 e. The third-order valence-electron chi connectivity index (χ3n) is 5.15. The highest BCUT2D eigenvalue weighted by atomic mass is 16.5. The summed E-state index contributed by atoms with van der Waals surface area (Å²) < 4.78 is 11.0. The molecule has 2 aromatic carbocycles. The number of ether oxygens (including phenoxy) is 2. The molecule has 0 bridgehead atoms. The molecule has 0 saturated heterocycles. The number of aromatic nitrogens is 4. The van der Waals surface area contributed by atoms with Crippen molar-refractivity contribution in [2.75, 3.05) is 32.2 Å². The van der Waals surface area contributed by atoms with E-state index in [2.05, 4.69) is 51.4 Å². The van der Waals surface area contributed by atoms with Gasteiger partial charge in [0, 0.05) is 54.9 Å². The van der Waals surface area contributed by atoms with E-state index in [4.69, 9.17) is 14.5 Å². The number of benzene rings is 2. The van der Waals surface area contributed by atoms with E-state index in [0.29, 0.717) is 6.04 Å². The number of H-pyrrole nitrogens is 1. The van der Waals surface area contributed by atoms with Gasteiger partial charge in [0.1, 0.15) is 17.2 Å². The summed E-state index contributed by atoms with van der Waals surface area (Å²) in [7, 11) is 3.32. The van der Waals surface area contributed by atoms with Crippen molar-refractivity contribution in [3.8, 4) is 22.9 Å². The quantitative estimate of drug-likeness (QED) is 0.410. The lowest BCUT2D eigenvalue weighted by molar-refractivity contribution is 0.394. The van der Waals surface area contributed by atoms with Crippen molar-refractivity contribution in [2.45, 2.75) is 19.9 Å². The Kier molecular flexibility index (Phi) is 6.51. The summed E-state index contributed by atoms with van der Waals surface area (Å²) in [6.45, 7) is 5.85. The number of anilines is 2. The standard InChI is InChI=1S/C24H28N6O2/c1-16(2)25-9-10-30(18-11-19(31-3)14-20(12-18)32-4)17-5-6-21-23(13-17)28-24(15-26-21)22-7-8-27-29-22/h5-8,11-16,25H,9-10H2,1-4H3,(H,27,29). The zero-order chi connectivity index (χ0) is 22.5. The maximum absolute atomic E-state index is 5.50. The first kappa shape index (κ1) is 21.6. The molecule has 2 aromatic heterocycles. The van der Waals surface area contributed by atoms with Gasteiger partial charge in [-0.15, -0.1) is 0 Å². The van der Waals surface area contributed by atoms with E-state index in [0.717, 1.165) is 58.4 Å². The SMILES string of the molecule is COc1cc(OC)cc(N(CCNC(C)C)c2ccc3ncc(-c4ccn[nH]4)nc3c2)c1. The van der Waals surface area contributed by atoms with Gasteiger partial charge in [0.05, 0.1) is 37.1 Å². The van der Waals surface area contributed by atoms with E-state index in [1.807, 2.05) is 30.3 Å². The second kappa shape index (κ2) is 9.65. The third kappa shape index (κ3) is 4.81. The first-order valence-electron chi connectivity index (χ1n) is 10.6. The molecule has 166 valence electrons. The maximum atomic E-state index is 5.50. The van der Waals surface area contributed by atoms with Gasteiger partial charge in [-0.05, 0) is 24.3 Å². The largest absolute Gasteiger partial charge is 0.497 e. The zero-order valence-electron chi connectivity index (χ0n) is 18.8. The molecule has 0 aliphatic carbocycles. The van der Waals surface area contributed by atoms with Gasteiger partial charge in [0.2, 0.25) is 0 Å². The van der Waals surface area contributed by atoms with Crippen molar-refractivity contribution in [3.63, 3.8) is 0 Å². The van der Waals surface area contributed by atoms with E-state index < -0.39 is 0 Å². The Labute approximate surface area is 187 Å². The lowest BCUT2D eigenvalue weighted by atomic mass is 10.2. The van der Waals surface area contributed by atoms with Crippen LogP contribution in [0.1, 0.15) is 13.8 Å². The van der Waals surface area contributed by atoms with Crippen LogP contribution in [0.15, 0.2) is 54.9 Å². The molecule has 0 spiro atoms. The Morgan fingerprint density at radius 3 is 2.41 bits per heavy atom. The first-order valence-corrected chi connectivity index (χ1v) is 10.6. The number of nitrogens with zero attached hydrogens (tertiary/aromatic N) is 4. The highest BCUT2D eigenvalue weighted by Crippen LogP contribution is 2.33. The molecular formula is C24H28N6O2. The average molecular weight is 433 g/mol. The van der Waals surface area contributed by atoms with Gasteiger partial charge in [-0.3, -0.25) is 10.1 Å². The molecule has 0 saturated carbocycles. The predicted octanol–water partition coefficient (Wildman–Crippen LogP) is 4.17. The maximum Gasteiger partial charge on any atom is 0.124 e. The van der Waals surface area contributed by atoms with Gasteiger partial charge in [0.15, 0.2) is 0 Å². The summed E-state index contributed by atoms with van der Waals surface area (Å²) in [5, 5.41) is 10.5. The summed E-state index contributed by atoms with van der Waals surface area (Å²) in [5.74, 6) is 1.48. The molecule has 0 aliphatic rings. The van der Waals surface area contributed by atoms with Crippen molar-refractivity contribution < 1.29 is 9.47 Å².